The molecule has 1 aliphatic carbocycles. The Labute approximate surface area is 174 Å². The molecule has 5 rings (SSSR count). The molecule has 1 aromatic carbocycles. The Morgan fingerprint density at radius 3 is 2.50 bits per heavy atom. The van der Waals surface area contributed by atoms with Crippen LogP contribution in [0.4, 0.5) is 0 Å². The van der Waals surface area contributed by atoms with Crippen LogP contribution in [0.3, 0.4) is 0 Å². The van der Waals surface area contributed by atoms with Crippen LogP contribution in [0.1, 0.15) is 24.8 Å². The summed E-state index contributed by atoms with van der Waals surface area (Å²) in [5, 5.41) is 8.83. The number of fused-ring (bicyclic) bond motifs is 1. The van der Waals surface area contributed by atoms with E-state index in [1.54, 1.807) is 0 Å². The number of benzene rings is 1. The summed E-state index contributed by atoms with van der Waals surface area (Å²) in [6.07, 6.45) is 12.3. The highest BCUT2D eigenvalue weighted by molar-refractivity contribution is 5.91. The van der Waals surface area contributed by atoms with Gasteiger partial charge in [0.05, 0.1) is 17.9 Å². The lowest BCUT2D eigenvalue weighted by Gasteiger charge is -2.20. The maximum absolute atomic E-state index is 11.5. The van der Waals surface area contributed by atoms with Crippen molar-refractivity contribution < 1.29 is 4.79 Å². The Morgan fingerprint density at radius 2 is 1.83 bits per heavy atom. The molecule has 0 fully saturated rings. The van der Waals surface area contributed by atoms with Gasteiger partial charge in [0, 0.05) is 42.0 Å². The molecule has 4 aromatic rings. The van der Waals surface area contributed by atoms with Crippen LogP contribution in [-0.4, -0.2) is 25.3 Å². The molecule has 0 saturated heterocycles. The number of carbonyl (C=O) groups excluding carboxylic acids is 1. The third-order valence-corrected chi connectivity index (χ3v) is 5.93. The Kier molecular flexibility index (Phi) is 4.47. The van der Waals surface area contributed by atoms with E-state index in [9.17, 15) is 4.79 Å². The Balaban J connectivity index is 1.54. The summed E-state index contributed by atoms with van der Waals surface area (Å²) >= 11 is 0. The van der Waals surface area contributed by atoms with Crippen LogP contribution in [-0.2, 0) is 11.8 Å². The molecule has 2 N–H and O–H groups in total. The molecular formula is C24H23N5O. The van der Waals surface area contributed by atoms with Gasteiger partial charge in [-0.2, -0.15) is 10.2 Å². The molecule has 3 aromatic heterocycles. The van der Waals surface area contributed by atoms with E-state index < -0.39 is 0 Å². The minimum Gasteiger partial charge on any atom is -0.369 e. The SMILES string of the molecule is Cn1cc(-c2ccc(-c3cnn4cccc(C5=CCC(C(N)=O)CC5)c34)cc2)cn1. The smallest absolute Gasteiger partial charge is 0.220 e. The van der Waals surface area contributed by atoms with E-state index in [1.165, 1.54) is 11.1 Å². The Hall–Kier alpha value is -3.67. The first-order valence-corrected chi connectivity index (χ1v) is 10.1. The number of hydrogen-bond donors (Lipinski definition) is 1. The zero-order valence-corrected chi connectivity index (χ0v) is 16.8. The van der Waals surface area contributed by atoms with Crippen molar-refractivity contribution in [1.29, 1.82) is 0 Å². The molecule has 1 amide bonds. The first kappa shape index (κ1) is 18.4. The maximum Gasteiger partial charge on any atom is 0.220 e. The van der Waals surface area contributed by atoms with Crippen molar-refractivity contribution in [2.75, 3.05) is 0 Å². The zero-order chi connectivity index (χ0) is 20.7. The third-order valence-electron chi connectivity index (χ3n) is 5.93. The van der Waals surface area contributed by atoms with Gasteiger partial charge < -0.3 is 5.73 Å². The van der Waals surface area contributed by atoms with Gasteiger partial charge in [-0.05, 0) is 42.0 Å². The van der Waals surface area contributed by atoms with Gasteiger partial charge in [-0.15, -0.1) is 0 Å². The van der Waals surface area contributed by atoms with Crippen LogP contribution in [0.5, 0.6) is 0 Å². The van der Waals surface area contributed by atoms with Gasteiger partial charge in [-0.1, -0.05) is 36.4 Å². The molecule has 6 heteroatoms. The molecule has 0 saturated carbocycles. The fraction of sp³-hybridized carbons (Fsp3) is 0.208. The molecule has 0 aliphatic heterocycles. The number of carbonyl (C=O) groups is 1. The lowest BCUT2D eigenvalue weighted by atomic mass is 9.85. The minimum absolute atomic E-state index is 0.0575. The fourth-order valence-corrected chi connectivity index (χ4v) is 4.26. The molecule has 0 spiro atoms. The summed E-state index contributed by atoms with van der Waals surface area (Å²) in [6.45, 7) is 0. The lowest BCUT2D eigenvalue weighted by Crippen LogP contribution is -2.24. The number of nitrogens with zero attached hydrogens (tertiary/aromatic N) is 4. The van der Waals surface area contributed by atoms with Gasteiger partial charge in [0.2, 0.25) is 5.91 Å². The predicted octanol–water partition coefficient (Wildman–Crippen LogP) is 4.07. The summed E-state index contributed by atoms with van der Waals surface area (Å²) in [4.78, 5) is 11.5. The van der Waals surface area contributed by atoms with Gasteiger partial charge in [-0.3, -0.25) is 9.48 Å². The standard InChI is InChI=1S/C24H23N5O/c1-28-15-20(13-26-28)16-4-6-18(7-5-16)22-14-27-29-12-2-3-21(23(22)29)17-8-10-19(11-9-17)24(25)30/h2-8,12-15,19H,9-11H2,1H3,(H2,25,30). The van der Waals surface area contributed by atoms with Crippen LogP contribution in [0.2, 0.25) is 0 Å². The average Bonchev–Trinajstić information content (AvgIpc) is 3.40. The monoisotopic (exact) mass is 397 g/mol. The van der Waals surface area contributed by atoms with Gasteiger partial charge in [0.1, 0.15) is 0 Å². The van der Waals surface area contributed by atoms with Crippen molar-refractivity contribution in [3.8, 4) is 22.3 Å². The summed E-state index contributed by atoms with van der Waals surface area (Å²) in [6, 6.07) is 12.7. The first-order valence-electron chi connectivity index (χ1n) is 10.1. The number of allylic oxidation sites excluding steroid dienone is 2. The quantitative estimate of drug-likeness (QED) is 0.564. The van der Waals surface area contributed by atoms with Crippen molar-refractivity contribution in [2.24, 2.45) is 18.7 Å². The fourth-order valence-electron chi connectivity index (χ4n) is 4.26. The molecule has 0 radical (unpaired) electrons. The van der Waals surface area contributed by atoms with E-state index in [4.69, 9.17) is 5.73 Å². The maximum atomic E-state index is 11.5. The highest BCUT2D eigenvalue weighted by atomic mass is 16.1. The van der Waals surface area contributed by atoms with Crippen LogP contribution < -0.4 is 5.73 Å². The van der Waals surface area contributed by atoms with Gasteiger partial charge in [-0.25, -0.2) is 4.52 Å². The highest BCUT2D eigenvalue weighted by Crippen LogP contribution is 2.36. The van der Waals surface area contributed by atoms with E-state index >= 15 is 0 Å². The molecule has 30 heavy (non-hydrogen) atoms. The first-order chi connectivity index (χ1) is 14.6. The van der Waals surface area contributed by atoms with Crippen molar-refractivity contribution in [2.45, 2.75) is 19.3 Å². The van der Waals surface area contributed by atoms with Crippen molar-refractivity contribution in [1.82, 2.24) is 19.4 Å². The summed E-state index contributed by atoms with van der Waals surface area (Å²) in [5.74, 6) is -0.264. The molecule has 150 valence electrons. The summed E-state index contributed by atoms with van der Waals surface area (Å²) < 4.78 is 3.74. The third kappa shape index (κ3) is 3.20. The van der Waals surface area contributed by atoms with Crippen molar-refractivity contribution >= 4 is 17.0 Å². The second-order valence-corrected chi connectivity index (χ2v) is 7.86. The lowest BCUT2D eigenvalue weighted by molar-refractivity contribution is -0.121. The number of pyridine rings is 1. The molecular weight excluding hydrogens is 374 g/mol. The minimum atomic E-state index is -0.206. The Bertz CT molecular complexity index is 1260. The average molecular weight is 397 g/mol. The number of primary amides is 1. The molecule has 6 nitrogen and oxygen atoms in total. The number of hydrogen-bond acceptors (Lipinski definition) is 3. The van der Waals surface area contributed by atoms with Crippen molar-refractivity contribution in [3.63, 3.8) is 0 Å². The largest absolute Gasteiger partial charge is 0.369 e. The van der Waals surface area contributed by atoms with Crippen LogP contribution >= 0.6 is 0 Å². The van der Waals surface area contributed by atoms with E-state index in [-0.39, 0.29) is 11.8 Å². The predicted molar refractivity (Wildman–Crippen MR) is 117 cm³/mol. The molecule has 3 heterocycles. The van der Waals surface area contributed by atoms with E-state index in [0.717, 1.165) is 40.6 Å². The van der Waals surface area contributed by atoms with Crippen LogP contribution in [0, 0.1) is 5.92 Å². The second-order valence-electron chi connectivity index (χ2n) is 7.86. The normalized spacial score (nSPS) is 16.6. The van der Waals surface area contributed by atoms with E-state index in [2.05, 4.69) is 46.6 Å². The Morgan fingerprint density at radius 1 is 1.03 bits per heavy atom. The van der Waals surface area contributed by atoms with Gasteiger partial charge >= 0.3 is 0 Å². The van der Waals surface area contributed by atoms with Gasteiger partial charge in [0.15, 0.2) is 0 Å². The molecule has 0 bridgehead atoms. The second kappa shape index (κ2) is 7.30. The number of aryl methyl sites for hydroxylation is 1. The number of aromatic nitrogens is 4. The van der Waals surface area contributed by atoms with E-state index in [1.807, 2.05) is 47.1 Å². The zero-order valence-electron chi connectivity index (χ0n) is 16.8. The molecule has 1 atom stereocenters. The highest BCUT2D eigenvalue weighted by Gasteiger charge is 2.22. The van der Waals surface area contributed by atoms with Crippen LogP contribution in [0.25, 0.3) is 33.3 Å². The molecule has 1 aliphatic rings. The topological polar surface area (TPSA) is 78.2 Å². The number of nitrogens with two attached hydrogens (primary N) is 1. The van der Waals surface area contributed by atoms with E-state index in [0.29, 0.717) is 6.42 Å². The number of amides is 1. The number of rotatable bonds is 4. The van der Waals surface area contributed by atoms with Gasteiger partial charge in [0.25, 0.3) is 0 Å². The van der Waals surface area contributed by atoms with Crippen molar-refractivity contribution in [3.05, 3.63) is 72.8 Å². The summed E-state index contributed by atoms with van der Waals surface area (Å²) in [7, 11) is 1.92. The molecule has 1 unspecified atom stereocenters. The van der Waals surface area contributed by atoms with Crippen LogP contribution in [0.15, 0.2) is 67.3 Å². The summed E-state index contributed by atoms with van der Waals surface area (Å²) in [5.41, 5.74) is 13.5.